The highest BCUT2D eigenvalue weighted by Gasteiger charge is 2.28. The first kappa shape index (κ1) is 18.2. The number of pyridine rings is 1. The number of hydrogen-bond acceptors (Lipinski definition) is 3. The number of hydrogen-bond donors (Lipinski definition) is 2. The molecular weight excluding hydrogens is 352 g/mol. The maximum atomic E-state index is 5.46. The summed E-state index contributed by atoms with van der Waals surface area (Å²) in [4.78, 5) is 15.4. The fourth-order valence-corrected chi connectivity index (χ4v) is 5.64. The van der Waals surface area contributed by atoms with Gasteiger partial charge in [0.2, 0.25) is 0 Å². The lowest BCUT2D eigenvalue weighted by Crippen LogP contribution is -2.08. The predicted molar refractivity (Wildman–Crippen MR) is 117 cm³/mol. The van der Waals surface area contributed by atoms with Crippen molar-refractivity contribution in [1.82, 2.24) is 9.97 Å². The normalized spacial score (nSPS) is 15.3. The molecular formula is C22H28N4S. The maximum absolute atomic E-state index is 5.46. The summed E-state index contributed by atoms with van der Waals surface area (Å²) in [7, 11) is 0. The highest BCUT2D eigenvalue weighted by molar-refractivity contribution is 7.19. The molecule has 3 heterocycles. The van der Waals surface area contributed by atoms with Crippen molar-refractivity contribution in [2.24, 2.45) is 10.7 Å². The van der Waals surface area contributed by atoms with E-state index in [1.165, 1.54) is 63.8 Å². The molecule has 142 valence electrons. The van der Waals surface area contributed by atoms with Crippen molar-refractivity contribution in [2.45, 2.75) is 65.7 Å². The number of aromatic amines is 1. The molecule has 1 aliphatic rings. The molecule has 1 fully saturated rings. The van der Waals surface area contributed by atoms with Gasteiger partial charge >= 0.3 is 0 Å². The van der Waals surface area contributed by atoms with Crippen LogP contribution >= 0.6 is 11.3 Å². The standard InChI is InChI=1S/C22H28N4S/c1-11(2)17-18-14(5)20(15-7-6-8-15)27-22(18)26-19(17)16-9-24-21(25-10-23)13(4)12(16)3/h9-11,15,26H,6-8H2,1-5H3,(H2,23,24,25). The van der Waals surface area contributed by atoms with Crippen molar-refractivity contribution >= 4 is 33.7 Å². The number of nitrogens with zero attached hydrogens (tertiary/aromatic N) is 2. The van der Waals surface area contributed by atoms with Gasteiger partial charge in [-0.1, -0.05) is 20.3 Å². The fraction of sp³-hybridized carbons (Fsp3) is 0.455. The van der Waals surface area contributed by atoms with Crippen molar-refractivity contribution in [2.75, 3.05) is 0 Å². The first-order valence-electron chi connectivity index (χ1n) is 9.79. The van der Waals surface area contributed by atoms with Crippen LogP contribution < -0.4 is 5.73 Å². The quantitative estimate of drug-likeness (QED) is 0.416. The Balaban J connectivity index is 1.92. The monoisotopic (exact) mass is 380 g/mol. The predicted octanol–water partition coefficient (Wildman–Crippen LogP) is 6.23. The van der Waals surface area contributed by atoms with E-state index in [-0.39, 0.29) is 0 Å². The molecule has 3 aromatic heterocycles. The second kappa shape index (κ2) is 6.79. The van der Waals surface area contributed by atoms with Gasteiger partial charge in [-0.25, -0.2) is 9.98 Å². The summed E-state index contributed by atoms with van der Waals surface area (Å²) in [5.74, 6) is 1.91. The van der Waals surface area contributed by atoms with Gasteiger partial charge in [0.1, 0.15) is 4.83 Å². The van der Waals surface area contributed by atoms with Gasteiger partial charge in [-0.15, -0.1) is 11.3 Å². The maximum Gasteiger partial charge on any atom is 0.156 e. The van der Waals surface area contributed by atoms with Gasteiger partial charge < -0.3 is 10.7 Å². The number of nitrogens with two attached hydrogens (primary N) is 1. The van der Waals surface area contributed by atoms with E-state index in [1.807, 2.05) is 17.5 Å². The van der Waals surface area contributed by atoms with Crippen LogP contribution in [0.1, 0.15) is 72.1 Å². The molecule has 0 radical (unpaired) electrons. The zero-order valence-electron chi connectivity index (χ0n) is 16.8. The molecule has 0 aliphatic heterocycles. The first-order valence-corrected chi connectivity index (χ1v) is 10.6. The largest absolute Gasteiger partial charge is 0.390 e. The smallest absolute Gasteiger partial charge is 0.156 e. The van der Waals surface area contributed by atoms with Crippen LogP contribution in [0, 0.1) is 20.8 Å². The van der Waals surface area contributed by atoms with Crippen molar-refractivity contribution in [3.8, 4) is 11.3 Å². The number of aryl methyl sites for hydroxylation is 1. The van der Waals surface area contributed by atoms with Crippen LogP contribution in [0.2, 0.25) is 0 Å². The number of nitrogens with one attached hydrogen (secondary N) is 1. The van der Waals surface area contributed by atoms with Crippen molar-refractivity contribution in [3.05, 3.63) is 33.3 Å². The third-order valence-corrected chi connectivity index (χ3v) is 7.47. The van der Waals surface area contributed by atoms with E-state index in [0.717, 1.165) is 11.5 Å². The average molecular weight is 381 g/mol. The van der Waals surface area contributed by atoms with E-state index in [1.54, 1.807) is 4.88 Å². The molecule has 0 bridgehead atoms. The molecule has 3 N–H and O–H groups in total. The first-order chi connectivity index (χ1) is 12.9. The highest BCUT2D eigenvalue weighted by Crippen LogP contribution is 2.48. The number of thiophene rings is 1. The molecule has 0 spiro atoms. The lowest BCUT2D eigenvalue weighted by molar-refractivity contribution is 0.424. The number of rotatable bonds is 4. The third kappa shape index (κ3) is 2.80. The fourth-order valence-electron chi connectivity index (χ4n) is 4.24. The van der Waals surface area contributed by atoms with Crippen LogP contribution in [0.25, 0.3) is 21.5 Å². The van der Waals surface area contributed by atoms with E-state index >= 15 is 0 Å². The average Bonchev–Trinajstić information content (AvgIpc) is 3.08. The van der Waals surface area contributed by atoms with Gasteiger partial charge in [-0.3, -0.25) is 0 Å². The van der Waals surface area contributed by atoms with E-state index in [2.05, 4.69) is 49.6 Å². The lowest BCUT2D eigenvalue weighted by Gasteiger charge is -2.25. The van der Waals surface area contributed by atoms with E-state index in [4.69, 9.17) is 5.73 Å². The molecule has 5 heteroatoms. The molecule has 0 aromatic carbocycles. The van der Waals surface area contributed by atoms with Crippen LogP contribution in [0.3, 0.4) is 0 Å². The molecule has 1 aliphatic carbocycles. The van der Waals surface area contributed by atoms with Crippen molar-refractivity contribution in [1.29, 1.82) is 0 Å². The molecule has 3 aromatic rings. The summed E-state index contributed by atoms with van der Waals surface area (Å²) < 4.78 is 0. The Morgan fingerprint density at radius 1 is 1.22 bits per heavy atom. The number of aromatic nitrogens is 2. The Hall–Kier alpha value is -2.14. The molecule has 4 nitrogen and oxygen atoms in total. The van der Waals surface area contributed by atoms with Crippen LogP contribution in [0.5, 0.6) is 0 Å². The second-order valence-electron chi connectivity index (χ2n) is 8.02. The van der Waals surface area contributed by atoms with E-state index in [9.17, 15) is 0 Å². The van der Waals surface area contributed by atoms with Crippen LogP contribution in [-0.2, 0) is 0 Å². The SMILES string of the molecule is Cc1c(-c2[nH]c3sc(C4CCC4)c(C)c3c2C(C)C)cnc(N=CN)c1C. The topological polar surface area (TPSA) is 67.1 Å². The van der Waals surface area contributed by atoms with Gasteiger partial charge in [-0.05, 0) is 67.7 Å². The van der Waals surface area contributed by atoms with Crippen LogP contribution in [0.15, 0.2) is 11.2 Å². The Labute approximate surface area is 164 Å². The van der Waals surface area contributed by atoms with Gasteiger partial charge in [0.25, 0.3) is 0 Å². The number of aliphatic imine (C=N–C) groups is 1. The highest BCUT2D eigenvalue weighted by atomic mass is 32.1. The van der Waals surface area contributed by atoms with E-state index < -0.39 is 0 Å². The lowest BCUT2D eigenvalue weighted by atomic mass is 9.82. The third-order valence-electron chi connectivity index (χ3n) is 6.10. The second-order valence-corrected chi connectivity index (χ2v) is 9.07. The summed E-state index contributed by atoms with van der Waals surface area (Å²) in [6.45, 7) is 11.1. The molecule has 1 saturated carbocycles. The molecule has 0 atom stereocenters. The summed E-state index contributed by atoms with van der Waals surface area (Å²) in [5.41, 5.74) is 13.0. The molecule has 27 heavy (non-hydrogen) atoms. The summed E-state index contributed by atoms with van der Waals surface area (Å²) in [6.07, 6.45) is 7.32. The van der Waals surface area contributed by atoms with Gasteiger partial charge in [0.05, 0.1) is 12.0 Å². The van der Waals surface area contributed by atoms with Gasteiger partial charge in [0.15, 0.2) is 5.82 Å². The van der Waals surface area contributed by atoms with Crippen molar-refractivity contribution in [3.63, 3.8) is 0 Å². The summed E-state index contributed by atoms with van der Waals surface area (Å²) in [6, 6.07) is 0. The number of fused-ring (bicyclic) bond motifs is 1. The van der Waals surface area contributed by atoms with Crippen LogP contribution in [0.4, 0.5) is 5.82 Å². The van der Waals surface area contributed by atoms with Crippen LogP contribution in [-0.4, -0.2) is 16.3 Å². The molecule has 4 rings (SSSR count). The Morgan fingerprint density at radius 3 is 2.56 bits per heavy atom. The molecule has 0 unspecified atom stereocenters. The van der Waals surface area contributed by atoms with Crippen molar-refractivity contribution < 1.29 is 0 Å². The molecule has 0 amide bonds. The zero-order valence-corrected chi connectivity index (χ0v) is 17.6. The van der Waals surface area contributed by atoms with Gasteiger partial charge in [-0.2, -0.15) is 0 Å². The minimum Gasteiger partial charge on any atom is -0.390 e. The minimum absolute atomic E-state index is 0.442. The Morgan fingerprint density at radius 2 is 1.96 bits per heavy atom. The Bertz CT molecular complexity index is 1030. The molecule has 0 saturated heterocycles. The number of H-pyrrole nitrogens is 1. The van der Waals surface area contributed by atoms with Gasteiger partial charge in [0, 0.05) is 22.0 Å². The minimum atomic E-state index is 0.442. The van der Waals surface area contributed by atoms with E-state index in [0.29, 0.717) is 11.7 Å². The zero-order chi connectivity index (χ0) is 19.3. The summed E-state index contributed by atoms with van der Waals surface area (Å²) in [5, 5.41) is 1.44. The summed E-state index contributed by atoms with van der Waals surface area (Å²) >= 11 is 1.96. The Kier molecular flexibility index (Phi) is 4.58.